The zero-order chi connectivity index (χ0) is 15.2. The molecule has 0 saturated carbocycles. The van der Waals surface area contributed by atoms with Crippen LogP contribution in [0.4, 0.5) is 0 Å². The number of carbonyl (C=O) groups is 1. The van der Waals surface area contributed by atoms with E-state index in [-0.39, 0.29) is 24.6 Å². The Morgan fingerprint density at radius 2 is 1.86 bits per heavy atom. The predicted octanol–water partition coefficient (Wildman–Crippen LogP) is 0.513. The molecule has 3 nitrogen and oxygen atoms in total. The molecule has 1 rings (SSSR count). The molecule has 0 fully saturated rings. The summed E-state index contributed by atoms with van der Waals surface area (Å²) in [6.45, 7) is 8.27. The molecule has 0 amide bonds. The summed E-state index contributed by atoms with van der Waals surface area (Å²) in [4.78, 5) is 11.8. The van der Waals surface area contributed by atoms with Crippen molar-refractivity contribution in [2.75, 3.05) is 14.1 Å². The third-order valence-corrected chi connectivity index (χ3v) is 3.34. The zero-order valence-electron chi connectivity index (χ0n) is 13.4. The number of carbonyl (C=O) groups excluding carboxylic acids is 1. The van der Waals surface area contributed by atoms with Crippen LogP contribution in [0.5, 0.6) is 0 Å². The second-order valence-electron chi connectivity index (χ2n) is 5.85. The number of halogens is 1. The Morgan fingerprint density at radius 3 is 2.33 bits per heavy atom. The van der Waals surface area contributed by atoms with Crippen molar-refractivity contribution in [3.8, 4) is 0 Å². The minimum atomic E-state index is -0.303. The van der Waals surface area contributed by atoms with E-state index in [9.17, 15) is 4.79 Å². The highest BCUT2D eigenvalue weighted by Gasteiger charge is 2.31. The molecule has 0 N–H and O–H groups in total. The van der Waals surface area contributed by atoms with Gasteiger partial charge in [0.05, 0.1) is 14.1 Å². The summed E-state index contributed by atoms with van der Waals surface area (Å²) in [6.07, 6.45) is 1.67. The first-order valence-electron chi connectivity index (χ1n) is 7.10. The van der Waals surface area contributed by atoms with Gasteiger partial charge >= 0.3 is 5.97 Å². The molecule has 1 unspecified atom stereocenters. The van der Waals surface area contributed by atoms with Gasteiger partial charge in [-0.3, -0.25) is 4.48 Å². The van der Waals surface area contributed by atoms with Crippen molar-refractivity contribution in [2.24, 2.45) is 0 Å². The molecular weight excluding hydrogens is 286 g/mol. The number of benzene rings is 1. The molecule has 118 valence electrons. The van der Waals surface area contributed by atoms with Crippen LogP contribution in [-0.4, -0.2) is 30.8 Å². The topological polar surface area (TPSA) is 26.3 Å². The van der Waals surface area contributed by atoms with E-state index in [1.165, 1.54) is 5.56 Å². The van der Waals surface area contributed by atoms with Crippen molar-refractivity contribution in [3.63, 3.8) is 0 Å². The molecule has 0 saturated heterocycles. The minimum absolute atomic E-state index is 0. The number of hydrogen-bond acceptors (Lipinski definition) is 2. The van der Waals surface area contributed by atoms with Crippen molar-refractivity contribution in [1.29, 1.82) is 0 Å². The van der Waals surface area contributed by atoms with E-state index < -0.39 is 0 Å². The van der Waals surface area contributed by atoms with Crippen molar-refractivity contribution in [2.45, 2.75) is 39.5 Å². The lowest BCUT2D eigenvalue weighted by atomic mass is 10.1. The fourth-order valence-corrected chi connectivity index (χ4v) is 2.18. The lowest BCUT2D eigenvalue weighted by molar-refractivity contribution is -0.947. The molecule has 1 aromatic carbocycles. The average Bonchev–Trinajstić information content (AvgIpc) is 2.38. The second kappa shape index (κ2) is 8.85. The SMILES string of the molecule is C=C(C)C(=O)OC(CCC)[N+](C)(C)Cc1ccccc1.[Cl-]. The number of nitrogens with zero attached hydrogens (tertiary/aromatic N) is 1. The molecule has 0 radical (unpaired) electrons. The van der Waals surface area contributed by atoms with Gasteiger partial charge in [0, 0.05) is 17.6 Å². The van der Waals surface area contributed by atoms with Gasteiger partial charge in [-0.1, -0.05) is 43.8 Å². The van der Waals surface area contributed by atoms with Gasteiger partial charge in [-0.25, -0.2) is 4.79 Å². The van der Waals surface area contributed by atoms with Gasteiger partial charge in [-0.15, -0.1) is 0 Å². The van der Waals surface area contributed by atoms with Gasteiger partial charge < -0.3 is 17.1 Å². The largest absolute Gasteiger partial charge is 1.00 e. The molecule has 0 spiro atoms. The molecule has 1 aromatic rings. The van der Waals surface area contributed by atoms with Gasteiger partial charge in [0.25, 0.3) is 0 Å². The maximum absolute atomic E-state index is 11.8. The zero-order valence-corrected chi connectivity index (χ0v) is 14.2. The molecule has 21 heavy (non-hydrogen) atoms. The highest BCUT2D eigenvalue weighted by molar-refractivity contribution is 5.86. The van der Waals surface area contributed by atoms with Gasteiger partial charge in [-0.05, 0) is 13.3 Å². The first-order chi connectivity index (χ1) is 9.36. The quantitative estimate of drug-likeness (QED) is 0.317. The molecule has 0 aliphatic carbocycles. The van der Waals surface area contributed by atoms with Crippen LogP contribution in [0.25, 0.3) is 0 Å². The van der Waals surface area contributed by atoms with Crippen molar-refractivity contribution < 1.29 is 26.4 Å². The van der Waals surface area contributed by atoms with E-state index in [2.05, 4.69) is 39.7 Å². The van der Waals surface area contributed by atoms with E-state index in [1.807, 2.05) is 18.2 Å². The Labute approximate surface area is 134 Å². The minimum Gasteiger partial charge on any atom is -1.00 e. The Morgan fingerprint density at radius 1 is 1.29 bits per heavy atom. The van der Waals surface area contributed by atoms with Crippen LogP contribution in [0.2, 0.25) is 0 Å². The molecule has 4 heteroatoms. The summed E-state index contributed by atoms with van der Waals surface area (Å²) in [5, 5.41) is 0. The van der Waals surface area contributed by atoms with Crippen LogP contribution in [-0.2, 0) is 16.1 Å². The fourth-order valence-electron chi connectivity index (χ4n) is 2.18. The molecule has 0 aliphatic rings. The summed E-state index contributed by atoms with van der Waals surface area (Å²) in [6, 6.07) is 10.3. The maximum atomic E-state index is 11.8. The highest BCUT2D eigenvalue weighted by atomic mass is 35.5. The van der Waals surface area contributed by atoms with Crippen molar-refractivity contribution >= 4 is 5.97 Å². The Balaban J connectivity index is 0.00000400. The smallest absolute Gasteiger partial charge is 0.337 e. The van der Waals surface area contributed by atoms with Crippen LogP contribution < -0.4 is 12.4 Å². The van der Waals surface area contributed by atoms with E-state index >= 15 is 0 Å². The van der Waals surface area contributed by atoms with Crippen LogP contribution in [0.3, 0.4) is 0 Å². The summed E-state index contributed by atoms with van der Waals surface area (Å²) < 4.78 is 6.24. The molecule has 1 atom stereocenters. The number of quaternary nitrogens is 1. The lowest BCUT2D eigenvalue weighted by Gasteiger charge is -2.37. The first kappa shape index (κ1) is 19.7. The van der Waals surface area contributed by atoms with Gasteiger partial charge in [0.1, 0.15) is 6.54 Å². The highest BCUT2D eigenvalue weighted by Crippen LogP contribution is 2.19. The van der Waals surface area contributed by atoms with E-state index in [0.717, 1.165) is 19.4 Å². The standard InChI is InChI=1S/C17H26NO2.ClH/c1-6-10-16(20-17(19)14(2)3)18(4,5)13-15-11-8-7-9-12-15;/h7-9,11-12,16H,2,6,10,13H2,1,3-5H3;1H/q+1;/p-1. The maximum Gasteiger partial charge on any atom is 0.337 e. The third-order valence-electron chi connectivity index (χ3n) is 3.34. The van der Waals surface area contributed by atoms with E-state index in [4.69, 9.17) is 4.74 Å². The fraction of sp³-hybridized carbons (Fsp3) is 0.471. The third kappa shape index (κ3) is 6.32. The van der Waals surface area contributed by atoms with E-state index in [0.29, 0.717) is 10.1 Å². The number of ether oxygens (including phenoxy) is 1. The summed E-state index contributed by atoms with van der Waals surface area (Å²) in [5.41, 5.74) is 1.69. The van der Waals surface area contributed by atoms with Gasteiger partial charge in [0.15, 0.2) is 0 Å². The Bertz CT molecular complexity index is 457. The van der Waals surface area contributed by atoms with Gasteiger partial charge in [0.2, 0.25) is 6.23 Å². The monoisotopic (exact) mass is 311 g/mol. The van der Waals surface area contributed by atoms with Crippen molar-refractivity contribution in [3.05, 3.63) is 48.0 Å². The summed E-state index contributed by atoms with van der Waals surface area (Å²) in [5.74, 6) is -0.303. The first-order valence-corrected chi connectivity index (χ1v) is 7.10. The number of rotatable bonds is 7. The molecule has 0 aromatic heterocycles. The van der Waals surface area contributed by atoms with Crippen LogP contribution in [0.15, 0.2) is 42.5 Å². The van der Waals surface area contributed by atoms with Crippen molar-refractivity contribution in [1.82, 2.24) is 0 Å². The van der Waals surface area contributed by atoms with Crippen LogP contribution in [0.1, 0.15) is 32.3 Å². The summed E-state index contributed by atoms with van der Waals surface area (Å²) >= 11 is 0. The molecule has 0 heterocycles. The number of esters is 1. The second-order valence-corrected chi connectivity index (χ2v) is 5.85. The lowest BCUT2D eigenvalue weighted by Crippen LogP contribution is -3.00. The average molecular weight is 312 g/mol. The number of hydrogen-bond donors (Lipinski definition) is 0. The molecule has 0 bridgehead atoms. The van der Waals surface area contributed by atoms with Crippen LogP contribution in [0, 0.1) is 0 Å². The summed E-state index contributed by atoms with van der Waals surface area (Å²) in [7, 11) is 4.19. The molecule has 0 aliphatic heterocycles. The normalized spacial score (nSPS) is 12.2. The predicted molar refractivity (Wildman–Crippen MR) is 81.9 cm³/mol. The van der Waals surface area contributed by atoms with E-state index in [1.54, 1.807) is 6.92 Å². The van der Waals surface area contributed by atoms with Crippen LogP contribution >= 0.6 is 0 Å². The van der Waals surface area contributed by atoms with Gasteiger partial charge in [-0.2, -0.15) is 0 Å². The Hall–Kier alpha value is -1.32. The Kier molecular flexibility index (Phi) is 8.30. The molecular formula is C17H26ClNO2.